The zero-order valence-corrected chi connectivity index (χ0v) is 8.30. The van der Waals surface area contributed by atoms with Crippen molar-refractivity contribution in [1.82, 2.24) is 0 Å². The molecule has 1 saturated heterocycles. The van der Waals surface area contributed by atoms with E-state index in [9.17, 15) is 13.2 Å². The van der Waals surface area contributed by atoms with Gasteiger partial charge in [0.1, 0.15) is 0 Å². The Morgan fingerprint density at radius 3 is 2.13 bits per heavy atom. The van der Waals surface area contributed by atoms with Gasteiger partial charge < -0.3 is 0 Å². The molecule has 1 fully saturated rings. The number of rotatable bonds is 1. The van der Waals surface area contributed by atoms with Gasteiger partial charge in [0.2, 0.25) is 0 Å². The Morgan fingerprint density at radius 2 is 1.73 bits per heavy atom. The van der Waals surface area contributed by atoms with Crippen molar-refractivity contribution < 1.29 is 18.0 Å². The summed E-state index contributed by atoms with van der Waals surface area (Å²) in [5.41, 5.74) is -0.753. The maximum Gasteiger partial charge on any atom is 0.441 e. The van der Waals surface area contributed by atoms with Crippen LogP contribution in [0.1, 0.15) is 12.5 Å². The first-order valence-corrected chi connectivity index (χ1v) is 4.47. The van der Waals surface area contributed by atoms with Crippen LogP contribution in [0.5, 0.6) is 0 Å². The van der Waals surface area contributed by atoms with Gasteiger partial charge >= 0.3 is 6.18 Å². The van der Waals surface area contributed by atoms with E-state index in [0.717, 1.165) is 17.6 Å². The van der Waals surface area contributed by atoms with Crippen molar-refractivity contribution in [3.8, 4) is 0 Å². The largest absolute Gasteiger partial charge is 0.441 e. The van der Waals surface area contributed by atoms with Crippen LogP contribution < -0.4 is 5.06 Å². The van der Waals surface area contributed by atoms with Crippen LogP contribution in [0.4, 0.5) is 18.9 Å². The summed E-state index contributed by atoms with van der Waals surface area (Å²) < 4.78 is 37.4. The molecule has 0 bridgehead atoms. The first kappa shape index (κ1) is 10.3. The maximum atomic E-state index is 12.5. The van der Waals surface area contributed by atoms with E-state index < -0.39 is 11.9 Å². The van der Waals surface area contributed by atoms with Crippen molar-refractivity contribution in [3.05, 3.63) is 29.8 Å². The maximum absolute atomic E-state index is 12.5. The van der Waals surface area contributed by atoms with Crippen molar-refractivity contribution in [2.45, 2.75) is 25.7 Å². The molecule has 1 aliphatic heterocycles. The van der Waals surface area contributed by atoms with Crippen LogP contribution in [0.25, 0.3) is 0 Å². The third kappa shape index (κ3) is 1.56. The Bertz CT molecular complexity index is 373. The molecule has 1 heterocycles. The molecule has 1 aromatic carbocycles. The Labute approximate surface area is 85.2 Å². The van der Waals surface area contributed by atoms with Gasteiger partial charge in [-0.25, -0.2) is 9.90 Å². The van der Waals surface area contributed by atoms with Crippen molar-refractivity contribution in [3.63, 3.8) is 0 Å². The third-order valence-corrected chi connectivity index (χ3v) is 2.42. The molecule has 0 saturated carbocycles. The predicted molar refractivity (Wildman–Crippen MR) is 49.2 cm³/mol. The Morgan fingerprint density at radius 1 is 1.20 bits per heavy atom. The van der Waals surface area contributed by atoms with E-state index in [1.165, 1.54) is 0 Å². The number of benzene rings is 1. The lowest BCUT2D eigenvalue weighted by Crippen LogP contribution is -2.33. The van der Waals surface area contributed by atoms with E-state index in [0.29, 0.717) is 5.69 Å². The van der Waals surface area contributed by atoms with E-state index in [4.69, 9.17) is 0 Å². The molecular weight excluding hydrogens is 207 g/mol. The number of alkyl halides is 3. The summed E-state index contributed by atoms with van der Waals surface area (Å²) in [5.74, 6) is 0. The van der Waals surface area contributed by atoms with E-state index in [1.54, 1.807) is 24.3 Å². The monoisotopic (exact) mass is 217 g/mol. The quantitative estimate of drug-likeness (QED) is 0.672. The molecule has 1 aliphatic rings. The van der Waals surface area contributed by atoms with Crippen molar-refractivity contribution >= 4 is 5.69 Å². The zero-order valence-electron chi connectivity index (χ0n) is 8.30. The third-order valence-electron chi connectivity index (χ3n) is 2.42. The average Bonchev–Trinajstić information content (AvgIpc) is 2.80. The number of hydroxylamine groups is 1. The minimum absolute atomic E-state index is 0.417. The average molecular weight is 217 g/mol. The second-order valence-corrected chi connectivity index (χ2v) is 3.70. The van der Waals surface area contributed by atoms with Gasteiger partial charge in [0, 0.05) is 0 Å². The normalized spacial score (nSPS) is 25.5. The minimum Gasteiger partial charge on any atom is -0.230 e. The number of aryl methyl sites for hydroxylation is 1. The Kier molecular flexibility index (Phi) is 1.98. The van der Waals surface area contributed by atoms with Gasteiger partial charge in [-0.1, -0.05) is 17.7 Å². The van der Waals surface area contributed by atoms with E-state index in [1.807, 2.05) is 6.92 Å². The minimum atomic E-state index is -4.38. The molecular formula is C10H10F3NO. The fourth-order valence-electron chi connectivity index (χ4n) is 1.30. The molecule has 0 radical (unpaired) electrons. The second kappa shape index (κ2) is 2.88. The van der Waals surface area contributed by atoms with E-state index in [2.05, 4.69) is 4.84 Å². The van der Waals surface area contributed by atoms with Gasteiger partial charge in [-0.05, 0) is 26.0 Å². The van der Waals surface area contributed by atoms with E-state index >= 15 is 0 Å². The summed E-state index contributed by atoms with van der Waals surface area (Å²) in [6.45, 7) is 2.88. The van der Waals surface area contributed by atoms with Gasteiger partial charge in [0.15, 0.2) is 0 Å². The van der Waals surface area contributed by atoms with Gasteiger partial charge in [-0.2, -0.15) is 13.2 Å². The van der Waals surface area contributed by atoms with E-state index in [-0.39, 0.29) is 0 Å². The fraction of sp³-hybridized carbons (Fsp3) is 0.400. The zero-order chi connectivity index (χ0) is 11.3. The second-order valence-electron chi connectivity index (χ2n) is 3.70. The van der Waals surface area contributed by atoms with Crippen LogP contribution in [0.15, 0.2) is 24.3 Å². The molecule has 0 unspecified atom stereocenters. The van der Waals surface area contributed by atoms with Crippen LogP contribution in [0.2, 0.25) is 0 Å². The number of halogens is 3. The molecule has 0 amide bonds. The molecule has 5 heteroatoms. The highest BCUT2D eigenvalue weighted by atomic mass is 19.4. The van der Waals surface area contributed by atoms with Crippen molar-refractivity contribution in [1.29, 1.82) is 0 Å². The van der Waals surface area contributed by atoms with Crippen molar-refractivity contribution in [2.24, 2.45) is 0 Å². The summed E-state index contributed by atoms with van der Waals surface area (Å²) >= 11 is 0. The van der Waals surface area contributed by atoms with Gasteiger partial charge in [-0.15, -0.1) is 0 Å². The molecule has 0 N–H and O–H groups in total. The lowest BCUT2D eigenvalue weighted by molar-refractivity contribution is -0.178. The number of anilines is 1. The molecule has 0 aromatic heterocycles. The molecule has 82 valence electrons. The molecule has 1 atom stereocenters. The fourth-order valence-corrected chi connectivity index (χ4v) is 1.30. The molecule has 15 heavy (non-hydrogen) atoms. The first-order valence-electron chi connectivity index (χ1n) is 4.47. The molecule has 0 spiro atoms. The lowest BCUT2D eigenvalue weighted by Gasteiger charge is -2.10. The highest BCUT2D eigenvalue weighted by Gasteiger charge is 2.70. The number of hydrogen-bond acceptors (Lipinski definition) is 2. The summed E-state index contributed by atoms with van der Waals surface area (Å²) in [4.78, 5) is 4.60. The standard InChI is InChI=1S/C10H10F3NO/c1-7-3-5-8(6-4-7)14-9(2,15-14)10(11,12)13/h3-6H,1-2H3/t9-,14?/m1/s1. The van der Waals surface area contributed by atoms with Crippen LogP contribution in [-0.2, 0) is 4.84 Å². The van der Waals surface area contributed by atoms with Crippen LogP contribution in [0.3, 0.4) is 0 Å². The van der Waals surface area contributed by atoms with Crippen LogP contribution in [-0.4, -0.2) is 11.9 Å². The van der Waals surface area contributed by atoms with Gasteiger partial charge in [0.25, 0.3) is 5.72 Å². The topological polar surface area (TPSA) is 15.5 Å². The summed E-state index contributed by atoms with van der Waals surface area (Å²) in [6, 6.07) is 6.69. The Hall–Kier alpha value is -1.23. The molecule has 2 nitrogen and oxygen atoms in total. The highest BCUT2D eigenvalue weighted by molar-refractivity contribution is 5.51. The van der Waals surface area contributed by atoms with Crippen molar-refractivity contribution in [2.75, 3.05) is 5.06 Å². The summed E-state index contributed by atoms with van der Waals surface area (Å²) in [7, 11) is 0. The molecule has 0 aliphatic carbocycles. The predicted octanol–water partition coefficient (Wildman–Crippen LogP) is 3.03. The lowest BCUT2D eigenvalue weighted by atomic mass is 10.2. The summed E-state index contributed by atoms with van der Waals surface area (Å²) in [6.07, 6.45) is -4.38. The molecule has 2 rings (SSSR count). The van der Waals surface area contributed by atoms with Crippen LogP contribution in [0, 0.1) is 6.92 Å². The number of hydrogen-bond donors (Lipinski definition) is 0. The smallest absolute Gasteiger partial charge is 0.230 e. The Balaban J connectivity index is 2.21. The molecule has 1 aromatic rings. The number of nitrogens with zero attached hydrogens (tertiary/aromatic N) is 1. The highest BCUT2D eigenvalue weighted by Crippen LogP contribution is 2.50. The summed E-state index contributed by atoms with van der Waals surface area (Å²) in [5, 5.41) is 0.867. The first-order chi connectivity index (χ1) is 6.84. The van der Waals surface area contributed by atoms with Crippen LogP contribution >= 0.6 is 0 Å². The van der Waals surface area contributed by atoms with Gasteiger partial charge in [-0.3, -0.25) is 0 Å². The van der Waals surface area contributed by atoms with Gasteiger partial charge in [0.05, 0.1) is 5.69 Å². The SMILES string of the molecule is Cc1ccc(N2O[C@]2(C)C(F)(F)F)cc1.